The monoisotopic (exact) mass is 660 g/mol. The molecule has 2 heterocycles. The molecule has 0 radical (unpaired) electrons. The standard InChI is InChI=1S/C32H29ClF4N4O5/c1-3-45-29-17(12-24(38)42)11-23(41-28(29)20-6-7-21(34)26(35)25(20)33)32(44,19-4-5-19)14-40-30(43)18-9-16-8-15(2)13-39-27(16)22(10-18)46-31(36)37/h6-11,13,19,31,44H,3-5,12,14H2,1-2H3,(H2,38,42)(H,40,43)/t32-/m1/s1. The van der Waals surface area contributed by atoms with Crippen molar-refractivity contribution in [3.63, 3.8) is 0 Å². The van der Waals surface area contributed by atoms with Crippen LogP contribution in [0.5, 0.6) is 11.5 Å². The number of nitrogens with zero attached hydrogens (tertiary/aromatic N) is 2. The molecule has 0 spiro atoms. The average molecular weight is 661 g/mol. The Hall–Kier alpha value is -4.49. The van der Waals surface area contributed by atoms with Crippen LogP contribution in [0.2, 0.25) is 5.02 Å². The number of hydrogen-bond acceptors (Lipinski definition) is 7. The van der Waals surface area contributed by atoms with Crippen LogP contribution in [0.15, 0.2) is 42.6 Å². The van der Waals surface area contributed by atoms with E-state index in [2.05, 4.69) is 20.0 Å². The minimum atomic E-state index is -3.16. The number of aliphatic hydroxyl groups is 1. The maximum Gasteiger partial charge on any atom is 0.387 e. The normalized spacial score (nSPS) is 14.3. The van der Waals surface area contributed by atoms with Gasteiger partial charge >= 0.3 is 6.61 Å². The second kappa shape index (κ2) is 13.1. The van der Waals surface area contributed by atoms with Crippen molar-refractivity contribution in [2.24, 2.45) is 11.7 Å². The SMILES string of the molecule is CCOc1c(CC(N)=O)cc([C@@](O)(CNC(=O)c2cc(OC(F)F)c3ncc(C)cc3c2)C2CC2)nc1-c1ccc(F)c(F)c1Cl. The zero-order valence-electron chi connectivity index (χ0n) is 24.7. The Morgan fingerprint density at radius 1 is 1.20 bits per heavy atom. The summed E-state index contributed by atoms with van der Waals surface area (Å²) >= 11 is 6.19. The highest BCUT2D eigenvalue weighted by molar-refractivity contribution is 6.33. The summed E-state index contributed by atoms with van der Waals surface area (Å²) < 4.78 is 65.3. The summed E-state index contributed by atoms with van der Waals surface area (Å²) in [6, 6.07) is 7.71. The molecule has 1 fully saturated rings. The minimum absolute atomic E-state index is 0.00846. The number of aromatic nitrogens is 2. The molecule has 1 aliphatic carbocycles. The summed E-state index contributed by atoms with van der Waals surface area (Å²) in [5, 5.41) is 14.5. The molecule has 0 unspecified atom stereocenters. The molecule has 2 aromatic heterocycles. The van der Waals surface area contributed by atoms with E-state index >= 15 is 0 Å². The number of benzene rings is 2. The third kappa shape index (κ3) is 6.70. The highest BCUT2D eigenvalue weighted by Gasteiger charge is 2.47. The number of alkyl halides is 2. The number of fused-ring (bicyclic) bond motifs is 1. The fourth-order valence-corrected chi connectivity index (χ4v) is 5.53. The van der Waals surface area contributed by atoms with Crippen molar-refractivity contribution < 1.29 is 41.7 Å². The van der Waals surface area contributed by atoms with E-state index in [1.54, 1.807) is 19.9 Å². The molecule has 2 aromatic carbocycles. The Labute approximate surface area is 265 Å². The van der Waals surface area contributed by atoms with E-state index in [1.807, 2.05) is 0 Å². The molecule has 0 bridgehead atoms. The van der Waals surface area contributed by atoms with Crippen LogP contribution in [0.3, 0.4) is 0 Å². The molecule has 46 heavy (non-hydrogen) atoms. The number of halogens is 5. The largest absolute Gasteiger partial charge is 0.491 e. The first-order chi connectivity index (χ1) is 21.8. The molecule has 1 saturated carbocycles. The lowest BCUT2D eigenvalue weighted by Crippen LogP contribution is -2.43. The Kier molecular flexibility index (Phi) is 9.36. The van der Waals surface area contributed by atoms with Crippen LogP contribution in [0.25, 0.3) is 22.2 Å². The summed E-state index contributed by atoms with van der Waals surface area (Å²) in [6.45, 7) is -0.0467. The van der Waals surface area contributed by atoms with Gasteiger partial charge in [0.25, 0.3) is 5.91 Å². The molecule has 0 aliphatic heterocycles. The lowest BCUT2D eigenvalue weighted by atomic mass is 9.90. The maximum atomic E-state index is 14.6. The summed E-state index contributed by atoms with van der Waals surface area (Å²) in [5.41, 5.74) is 4.56. The molecule has 242 valence electrons. The van der Waals surface area contributed by atoms with Gasteiger partial charge in [0.1, 0.15) is 22.6 Å². The van der Waals surface area contributed by atoms with Crippen LogP contribution in [0, 0.1) is 24.5 Å². The van der Waals surface area contributed by atoms with Crippen LogP contribution >= 0.6 is 11.6 Å². The molecule has 0 saturated heterocycles. The quantitative estimate of drug-likeness (QED) is 0.133. The van der Waals surface area contributed by atoms with E-state index in [9.17, 15) is 32.3 Å². The number of amides is 2. The molecule has 2 amide bonds. The van der Waals surface area contributed by atoms with Crippen molar-refractivity contribution in [1.82, 2.24) is 15.3 Å². The lowest BCUT2D eigenvalue weighted by Gasteiger charge is -2.30. The van der Waals surface area contributed by atoms with Crippen molar-refractivity contribution in [3.8, 4) is 22.8 Å². The van der Waals surface area contributed by atoms with Gasteiger partial charge in [0, 0.05) is 28.3 Å². The lowest BCUT2D eigenvalue weighted by molar-refractivity contribution is -0.117. The fourth-order valence-electron chi connectivity index (χ4n) is 5.29. The number of carbonyl (C=O) groups is 2. The van der Waals surface area contributed by atoms with Gasteiger partial charge in [-0.05, 0) is 74.6 Å². The molecule has 4 N–H and O–H groups in total. The predicted molar refractivity (Wildman–Crippen MR) is 161 cm³/mol. The van der Waals surface area contributed by atoms with Crippen molar-refractivity contribution in [1.29, 1.82) is 0 Å². The fraction of sp³-hybridized carbons (Fsp3) is 0.312. The number of primary amides is 1. The van der Waals surface area contributed by atoms with E-state index in [4.69, 9.17) is 22.1 Å². The Balaban J connectivity index is 1.57. The van der Waals surface area contributed by atoms with Crippen LogP contribution < -0.4 is 20.5 Å². The van der Waals surface area contributed by atoms with Gasteiger partial charge in [0.2, 0.25) is 5.91 Å². The molecular formula is C32H29ClF4N4O5. The number of aryl methyl sites for hydroxylation is 1. The summed E-state index contributed by atoms with van der Waals surface area (Å²) in [7, 11) is 0. The van der Waals surface area contributed by atoms with Crippen molar-refractivity contribution in [2.75, 3.05) is 13.2 Å². The smallest absolute Gasteiger partial charge is 0.387 e. The zero-order chi connectivity index (χ0) is 33.3. The summed E-state index contributed by atoms with van der Waals surface area (Å²) in [6.07, 6.45) is 2.24. The van der Waals surface area contributed by atoms with E-state index in [1.165, 1.54) is 24.4 Å². The highest BCUT2D eigenvalue weighted by Crippen LogP contribution is 2.47. The van der Waals surface area contributed by atoms with Crippen LogP contribution in [-0.2, 0) is 16.8 Å². The van der Waals surface area contributed by atoms with Gasteiger partial charge in [-0.25, -0.2) is 13.8 Å². The first-order valence-corrected chi connectivity index (χ1v) is 14.6. The van der Waals surface area contributed by atoms with Crippen LogP contribution in [0.1, 0.15) is 46.9 Å². The number of carbonyl (C=O) groups excluding carboxylic acids is 2. The minimum Gasteiger partial charge on any atom is -0.491 e. The first-order valence-electron chi connectivity index (χ1n) is 14.3. The molecule has 14 heteroatoms. The van der Waals surface area contributed by atoms with E-state index in [0.29, 0.717) is 18.2 Å². The molecular weight excluding hydrogens is 632 g/mol. The molecule has 1 aliphatic rings. The second-order valence-corrected chi connectivity index (χ2v) is 11.3. The Morgan fingerprint density at radius 2 is 1.93 bits per heavy atom. The topological polar surface area (TPSA) is 137 Å². The van der Waals surface area contributed by atoms with Crippen LogP contribution in [0.4, 0.5) is 17.6 Å². The number of hydrogen-bond donors (Lipinski definition) is 3. The number of ether oxygens (including phenoxy) is 2. The third-order valence-corrected chi connectivity index (χ3v) is 7.94. The number of nitrogens with one attached hydrogen (secondary N) is 1. The van der Waals surface area contributed by atoms with Gasteiger partial charge in [0.15, 0.2) is 17.4 Å². The summed E-state index contributed by atoms with van der Waals surface area (Å²) in [5.74, 6) is -4.64. The number of nitrogens with two attached hydrogens (primary N) is 1. The second-order valence-electron chi connectivity index (χ2n) is 11.0. The van der Waals surface area contributed by atoms with E-state index < -0.39 is 53.1 Å². The average Bonchev–Trinajstić information content (AvgIpc) is 3.85. The van der Waals surface area contributed by atoms with Gasteiger partial charge in [-0.2, -0.15) is 8.78 Å². The van der Waals surface area contributed by atoms with Crippen molar-refractivity contribution in [3.05, 3.63) is 81.6 Å². The molecule has 1 atom stereocenters. The van der Waals surface area contributed by atoms with E-state index in [-0.39, 0.29) is 58.1 Å². The predicted octanol–water partition coefficient (Wildman–Crippen LogP) is 5.59. The maximum absolute atomic E-state index is 14.6. The number of rotatable bonds is 12. The van der Waals surface area contributed by atoms with Gasteiger partial charge in [0.05, 0.1) is 30.3 Å². The first kappa shape index (κ1) is 32.9. The third-order valence-electron chi connectivity index (χ3n) is 7.57. The molecule has 5 rings (SSSR count). The van der Waals surface area contributed by atoms with Gasteiger partial charge in [-0.3, -0.25) is 14.6 Å². The van der Waals surface area contributed by atoms with Gasteiger partial charge < -0.3 is 25.6 Å². The zero-order valence-corrected chi connectivity index (χ0v) is 25.4. The number of pyridine rings is 2. The molecule has 4 aromatic rings. The highest BCUT2D eigenvalue weighted by atomic mass is 35.5. The van der Waals surface area contributed by atoms with E-state index in [0.717, 1.165) is 17.7 Å². The Bertz CT molecular complexity index is 1840. The van der Waals surface area contributed by atoms with Crippen LogP contribution in [-0.4, -0.2) is 46.7 Å². The van der Waals surface area contributed by atoms with Crippen molar-refractivity contribution >= 4 is 34.3 Å². The molecule has 9 nitrogen and oxygen atoms in total. The Morgan fingerprint density at radius 3 is 2.59 bits per heavy atom. The van der Waals surface area contributed by atoms with Gasteiger partial charge in [-0.1, -0.05) is 11.6 Å². The van der Waals surface area contributed by atoms with Gasteiger partial charge in [-0.15, -0.1) is 0 Å². The van der Waals surface area contributed by atoms with Crippen molar-refractivity contribution in [2.45, 2.75) is 45.3 Å². The summed E-state index contributed by atoms with van der Waals surface area (Å²) in [4.78, 5) is 34.2.